The lowest BCUT2D eigenvalue weighted by Gasteiger charge is -2.49. The number of fused-ring (bicyclic) bond motifs is 3. The molecule has 0 aliphatic carbocycles. The van der Waals surface area contributed by atoms with Crippen molar-refractivity contribution in [3.63, 3.8) is 0 Å². The van der Waals surface area contributed by atoms with E-state index in [9.17, 15) is 8.78 Å². The summed E-state index contributed by atoms with van der Waals surface area (Å²) in [5.74, 6) is -1.38. The van der Waals surface area contributed by atoms with Gasteiger partial charge in [-0.25, -0.2) is 17.6 Å². The normalized spacial score (nSPS) is 24.5. The Kier molecular flexibility index (Phi) is 5.38. The molecule has 0 unspecified atom stereocenters. The molecule has 2 aromatic carbocycles. The second-order valence-electron chi connectivity index (χ2n) is 10.8. The molecule has 186 valence electrons. The summed E-state index contributed by atoms with van der Waals surface area (Å²) in [5.41, 5.74) is 2.95. The fraction of sp³-hybridized carbons (Fsp3) is 0.481. The molecule has 1 aromatic heterocycles. The monoisotopic (exact) mass is 486 g/mol. The van der Waals surface area contributed by atoms with E-state index in [1.54, 1.807) is 0 Å². The molecule has 2 atom stereocenters. The van der Waals surface area contributed by atoms with Crippen LogP contribution in [0.1, 0.15) is 36.2 Å². The SMILES string of the molecule is C[C@@H]1Cc2c([nH]c3ccccc23)[C@@H](c2c(F)cc(N3CC4(CCN(C)C4)C3)cc2F)N1CC(F)F. The van der Waals surface area contributed by atoms with Crippen LogP contribution in [0.25, 0.3) is 10.9 Å². The maximum atomic E-state index is 15.7. The maximum absolute atomic E-state index is 15.7. The van der Waals surface area contributed by atoms with Crippen LogP contribution < -0.4 is 4.90 Å². The lowest BCUT2D eigenvalue weighted by molar-refractivity contribution is 0.0438. The average molecular weight is 487 g/mol. The minimum absolute atomic E-state index is 0.162. The number of halogens is 4. The van der Waals surface area contributed by atoms with Crippen molar-refractivity contribution >= 4 is 16.6 Å². The van der Waals surface area contributed by atoms with Crippen molar-refractivity contribution in [1.82, 2.24) is 14.8 Å². The van der Waals surface area contributed by atoms with Crippen molar-refractivity contribution in [3.8, 4) is 0 Å². The summed E-state index contributed by atoms with van der Waals surface area (Å²) < 4.78 is 58.7. The molecule has 8 heteroatoms. The van der Waals surface area contributed by atoms with Gasteiger partial charge in [-0.15, -0.1) is 0 Å². The molecule has 3 aliphatic heterocycles. The summed E-state index contributed by atoms with van der Waals surface area (Å²) in [5, 5.41) is 0.973. The van der Waals surface area contributed by atoms with Gasteiger partial charge < -0.3 is 14.8 Å². The molecule has 4 nitrogen and oxygen atoms in total. The van der Waals surface area contributed by atoms with E-state index in [1.807, 2.05) is 36.1 Å². The first kappa shape index (κ1) is 22.9. The number of H-pyrrole nitrogens is 1. The van der Waals surface area contributed by atoms with E-state index in [0.717, 1.165) is 49.1 Å². The zero-order valence-corrected chi connectivity index (χ0v) is 20.0. The fourth-order valence-electron chi connectivity index (χ4n) is 6.64. The Bertz CT molecular complexity index is 1240. The molecule has 3 aliphatic rings. The summed E-state index contributed by atoms with van der Waals surface area (Å²) in [6.07, 6.45) is -0.985. The number of rotatable bonds is 4. The first-order chi connectivity index (χ1) is 16.7. The molecule has 35 heavy (non-hydrogen) atoms. The van der Waals surface area contributed by atoms with E-state index in [0.29, 0.717) is 17.8 Å². The van der Waals surface area contributed by atoms with Crippen LogP contribution in [0, 0.1) is 17.0 Å². The van der Waals surface area contributed by atoms with E-state index in [4.69, 9.17) is 0 Å². The van der Waals surface area contributed by atoms with Crippen molar-refractivity contribution in [1.29, 1.82) is 0 Å². The maximum Gasteiger partial charge on any atom is 0.251 e. The van der Waals surface area contributed by atoms with Gasteiger partial charge >= 0.3 is 0 Å². The minimum atomic E-state index is -2.61. The highest BCUT2D eigenvalue weighted by Crippen LogP contribution is 2.45. The van der Waals surface area contributed by atoms with E-state index in [2.05, 4.69) is 16.9 Å². The van der Waals surface area contributed by atoms with Gasteiger partial charge in [0.05, 0.1) is 12.6 Å². The van der Waals surface area contributed by atoms with Gasteiger partial charge in [-0.1, -0.05) is 18.2 Å². The summed E-state index contributed by atoms with van der Waals surface area (Å²) >= 11 is 0. The van der Waals surface area contributed by atoms with Crippen molar-refractivity contribution in [2.45, 2.75) is 38.3 Å². The van der Waals surface area contributed by atoms with Crippen LogP contribution in [0.15, 0.2) is 36.4 Å². The number of hydrogen-bond acceptors (Lipinski definition) is 3. The van der Waals surface area contributed by atoms with Gasteiger partial charge in [0.2, 0.25) is 0 Å². The van der Waals surface area contributed by atoms with E-state index < -0.39 is 30.6 Å². The molecule has 0 bridgehead atoms. The number of benzene rings is 2. The molecule has 0 saturated carbocycles. The molecule has 1 N–H and O–H groups in total. The average Bonchev–Trinajstić information content (AvgIpc) is 3.34. The predicted octanol–water partition coefficient (Wildman–Crippen LogP) is 5.19. The zero-order valence-electron chi connectivity index (χ0n) is 20.0. The van der Waals surface area contributed by atoms with Crippen molar-refractivity contribution in [2.75, 3.05) is 44.7 Å². The Morgan fingerprint density at radius 2 is 1.80 bits per heavy atom. The van der Waals surface area contributed by atoms with Gasteiger partial charge in [-0.05, 0) is 57.1 Å². The van der Waals surface area contributed by atoms with Crippen LogP contribution >= 0.6 is 0 Å². The van der Waals surface area contributed by atoms with Crippen molar-refractivity contribution in [2.24, 2.45) is 5.41 Å². The molecule has 1 spiro atoms. The number of para-hydroxylation sites is 1. The second kappa shape index (κ2) is 8.23. The first-order valence-electron chi connectivity index (χ1n) is 12.3. The van der Waals surface area contributed by atoms with Gasteiger partial charge in [0.1, 0.15) is 11.6 Å². The largest absolute Gasteiger partial charge is 0.370 e. The van der Waals surface area contributed by atoms with Crippen LogP contribution in [0.3, 0.4) is 0 Å². The van der Waals surface area contributed by atoms with Gasteiger partial charge in [0.25, 0.3) is 6.43 Å². The molecule has 3 aromatic rings. The molecule has 2 fully saturated rings. The zero-order chi connectivity index (χ0) is 24.5. The Morgan fingerprint density at radius 3 is 2.46 bits per heavy atom. The Morgan fingerprint density at radius 1 is 1.09 bits per heavy atom. The third kappa shape index (κ3) is 3.73. The van der Waals surface area contributed by atoms with Gasteiger partial charge in [-0.2, -0.15) is 0 Å². The fourth-order valence-corrected chi connectivity index (χ4v) is 6.64. The number of aromatic nitrogens is 1. The van der Waals surface area contributed by atoms with Crippen LogP contribution in [0.2, 0.25) is 0 Å². The Hall–Kier alpha value is -2.58. The molecule has 4 heterocycles. The lowest BCUT2D eigenvalue weighted by Crippen LogP contribution is -2.57. The summed E-state index contributed by atoms with van der Waals surface area (Å²) in [4.78, 5) is 9.15. The van der Waals surface area contributed by atoms with Crippen molar-refractivity contribution < 1.29 is 17.6 Å². The topological polar surface area (TPSA) is 25.5 Å². The molecular formula is C27H30F4N4. The minimum Gasteiger partial charge on any atom is -0.370 e. The smallest absolute Gasteiger partial charge is 0.251 e. The number of alkyl halides is 2. The highest BCUT2D eigenvalue weighted by atomic mass is 19.3. The standard InChI is InChI=1S/C27H30F4N4/c1-16-9-19-18-5-3-4-6-22(18)32-25(19)26(35(16)12-23(30)31)24-20(28)10-17(11-21(24)29)34-14-27(15-34)7-8-33(2)13-27/h3-6,10-11,16,23,26,32H,7-9,12-15H2,1-2H3/t16-,26-/m1/s1. The molecule has 0 radical (unpaired) electrons. The second-order valence-corrected chi connectivity index (χ2v) is 10.8. The van der Waals surface area contributed by atoms with Gasteiger partial charge in [0.15, 0.2) is 0 Å². The van der Waals surface area contributed by atoms with E-state index in [-0.39, 0.29) is 17.0 Å². The number of anilines is 1. The third-order valence-electron chi connectivity index (χ3n) is 8.25. The molecule has 6 rings (SSSR count). The van der Waals surface area contributed by atoms with Crippen LogP contribution in [-0.2, 0) is 6.42 Å². The number of nitrogens with one attached hydrogen (secondary N) is 1. The van der Waals surface area contributed by atoms with E-state index >= 15 is 8.78 Å². The number of hydrogen-bond donors (Lipinski definition) is 1. The molecular weight excluding hydrogens is 456 g/mol. The van der Waals surface area contributed by atoms with E-state index in [1.165, 1.54) is 17.0 Å². The first-order valence-corrected chi connectivity index (χ1v) is 12.3. The molecule has 2 saturated heterocycles. The summed E-state index contributed by atoms with van der Waals surface area (Å²) in [6.45, 7) is 4.89. The van der Waals surface area contributed by atoms with Crippen LogP contribution in [0.4, 0.5) is 23.2 Å². The third-order valence-corrected chi connectivity index (χ3v) is 8.25. The van der Waals surface area contributed by atoms with Crippen LogP contribution in [0.5, 0.6) is 0 Å². The Balaban J connectivity index is 1.40. The number of aromatic amines is 1. The Labute approximate surface area is 202 Å². The summed E-state index contributed by atoms with van der Waals surface area (Å²) in [7, 11) is 2.10. The van der Waals surface area contributed by atoms with Gasteiger partial charge in [0, 0.05) is 58.9 Å². The molecule has 0 amide bonds. The summed E-state index contributed by atoms with van der Waals surface area (Å²) in [6, 6.07) is 9.19. The highest BCUT2D eigenvalue weighted by molar-refractivity contribution is 5.85. The predicted molar refractivity (Wildman–Crippen MR) is 129 cm³/mol. The number of likely N-dealkylation sites (tertiary alicyclic amines) is 1. The quantitative estimate of drug-likeness (QED) is 0.514. The van der Waals surface area contributed by atoms with Crippen molar-refractivity contribution in [3.05, 3.63) is 64.9 Å². The highest BCUT2D eigenvalue weighted by Gasteiger charge is 2.47. The van der Waals surface area contributed by atoms with Gasteiger partial charge in [-0.3, -0.25) is 4.90 Å². The lowest BCUT2D eigenvalue weighted by atomic mass is 9.78. The van der Waals surface area contributed by atoms with Crippen LogP contribution in [-0.4, -0.2) is 67.0 Å². The number of nitrogens with zero attached hydrogens (tertiary/aromatic N) is 3.